The number of fused-ring (bicyclic) bond motifs is 1. The van der Waals surface area contributed by atoms with Crippen molar-refractivity contribution in [3.05, 3.63) is 67.0 Å². The van der Waals surface area contributed by atoms with E-state index >= 15 is 0 Å². The van der Waals surface area contributed by atoms with E-state index in [-0.39, 0.29) is 10.7 Å². The molecule has 3 aromatic rings. The van der Waals surface area contributed by atoms with Gasteiger partial charge < -0.3 is 4.74 Å². The molecule has 0 unspecified atom stereocenters. The normalized spacial score (nSPS) is 11.1. The van der Waals surface area contributed by atoms with Gasteiger partial charge >= 0.3 is 0 Å². The standard InChI is InChI=1S/C17H11Cl2N3O4S/c1-26-11-3-4-12-14(7-11)27-16(15(12)19)17(23)21-20-8-9-6-10(22(24)25)2-5-13(9)18/h2-8H,1H3,(H,21,23)/b20-8+. The molecule has 0 radical (unpaired) electrons. The molecule has 2 aromatic carbocycles. The van der Waals surface area contributed by atoms with Crippen molar-refractivity contribution in [1.82, 2.24) is 5.43 Å². The number of benzene rings is 2. The first-order valence-electron chi connectivity index (χ1n) is 7.44. The van der Waals surface area contributed by atoms with Crippen LogP contribution in [0.25, 0.3) is 10.1 Å². The molecule has 0 fully saturated rings. The average molecular weight is 424 g/mol. The molecule has 1 amide bonds. The van der Waals surface area contributed by atoms with Crippen molar-refractivity contribution < 1.29 is 14.5 Å². The zero-order chi connectivity index (χ0) is 19.6. The van der Waals surface area contributed by atoms with Gasteiger partial charge in [0.05, 0.1) is 23.3 Å². The number of hydrogen-bond donors (Lipinski definition) is 1. The molecule has 7 nitrogen and oxygen atoms in total. The largest absolute Gasteiger partial charge is 0.497 e. The number of halogens is 2. The molecular formula is C17H11Cl2N3O4S. The Bertz CT molecular complexity index is 1080. The number of nitrogens with zero attached hydrogens (tertiary/aromatic N) is 2. The van der Waals surface area contributed by atoms with Gasteiger partial charge in [-0.25, -0.2) is 5.43 Å². The maximum absolute atomic E-state index is 12.4. The summed E-state index contributed by atoms with van der Waals surface area (Å²) < 4.78 is 5.96. The summed E-state index contributed by atoms with van der Waals surface area (Å²) in [7, 11) is 1.55. The van der Waals surface area contributed by atoms with E-state index in [1.807, 2.05) is 0 Å². The second kappa shape index (κ2) is 7.91. The van der Waals surface area contributed by atoms with E-state index in [0.717, 1.165) is 10.1 Å². The van der Waals surface area contributed by atoms with Crippen LogP contribution in [0.4, 0.5) is 5.69 Å². The number of carbonyl (C=O) groups excluding carboxylic acids is 1. The lowest BCUT2D eigenvalue weighted by molar-refractivity contribution is -0.384. The Labute approximate surface area is 167 Å². The number of amides is 1. The summed E-state index contributed by atoms with van der Waals surface area (Å²) >= 11 is 13.5. The highest BCUT2D eigenvalue weighted by molar-refractivity contribution is 7.21. The number of rotatable bonds is 5. The third-order valence-electron chi connectivity index (χ3n) is 3.60. The molecule has 3 rings (SSSR count). The average Bonchev–Trinajstić information content (AvgIpc) is 2.99. The van der Waals surface area contributed by atoms with Crippen LogP contribution in [0.15, 0.2) is 41.5 Å². The lowest BCUT2D eigenvalue weighted by Crippen LogP contribution is -2.16. The van der Waals surface area contributed by atoms with Gasteiger partial charge in [-0.15, -0.1) is 11.3 Å². The summed E-state index contributed by atoms with van der Waals surface area (Å²) in [4.78, 5) is 22.9. The van der Waals surface area contributed by atoms with E-state index in [1.54, 1.807) is 25.3 Å². The van der Waals surface area contributed by atoms with Gasteiger partial charge in [0, 0.05) is 32.8 Å². The van der Waals surface area contributed by atoms with Crippen LogP contribution in [0.1, 0.15) is 15.2 Å². The Hall–Kier alpha value is -2.68. The fourth-order valence-corrected chi connectivity index (χ4v) is 3.88. The lowest BCUT2D eigenvalue weighted by Gasteiger charge is -1.99. The first-order chi connectivity index (χ1) is 12.9. The molecule has 10 heteroatoms. The molecule has 1 heterocycles. The first-order valence-corrected chi connectivity index (χ1v) is 9.01. The number of carbonyl (C=O) groups is 1. The summed E-state index contributed by atoms with van der Waals surface area (Å²) in [5, 5.41) is 16.0. The molecule has 27 heavy (non-hydrogen) atoms. The Morgan fingerprint density at radius 2 is 2.07 bits per heavy atom. The van der Waals surface area contributed by atoms with Crippen LogP contribution in [0.5, 0.6) is 5.75 Å². The number of thiophene rings is 1. The number of methoxy groups -OCH3 is 1. The van der Waals surface area contributed by atoms with Crippen LogP contribution >= 0.6 is 34.5 Å². The van der Waals surface area contributed by atoms with Gasteiger partial charge in [0.2, 0.25) is 0 Å². The quantitative estimate of drug-likeness (QED) is 0.359. The maximum atomic E-state index is 12.4. The van der Waals surface area contributed by atoms with Crippen LogP contribution < -0.4 is 10.2 Å². The van der Waals surface area contributed by atoms with Crippen molar-refractivity contribution in [2.45, 2.75) is 0 Å². The van der Waals surface area contributed by atoms with Gasteiger partial charge in [-0.1, -0.05) is 23.2 Å². The van der Waals surface area contributed by atoms with Crippen LogP contribution in [-0.4, -0.2) is 24.2 Å². The molecule has 0 aliphatic carbocycles. The minimum Gasteiger partial charge on any atom is -0.497 e. The molecule has 138 valence electrons. The van der Waals surface area contributed by atoms with Crippen LogP contribution in [0.2, 0.25) is 10.0 Å². The number of nitro benzene ring substituents is 1. The molecule has 1 N–H and O–H groups in total. The van der Waals surface area contributed by atoms with Crippen molar-refractivity contribution in [2.75, 3.05) is 7.11 Å². The van der Waals surface area contributed by atoms with Gasteiger partial charge in [-0.2, -0.15) is 5.10 Å². The molecule has 0 saturated carbocycles. The van der Waals surface area contributed by atoms with Crippen molar-refractivity contribution in [3.63, 3.8) is 0 Å². The summed E-state index contributed by atoms with van der Waals surface area (Å²) in [5.41, 5.74) is 2.52. The summed E-state index contributed by atoms with van der Waals surface area (Å²) in [6.07, 6.45) is 1.23. The number of nitrogens with one attached hydrogen (secondary N) is 1. The van der Waals surface area contributed by atoms with Gasteiger partial charge in [-0.05, 0) is 24.3 Å². The topological polar surface area (TPSA) is 93.8 Å². The smallest absolute Gasteiger partial charge is 0.283 e. The second-order valence-electron chi connectivity index (χ2n) is 5.27. The molecule has 0 saturated heterocycles. The second-order valence-corrected chi connectivity index (χ2v) is 7.11. The van der Waals surface area contributed by atoms with E-state index in [1.165, 1.54) is 35.8 Å². The highest BCUT2D eigenvalue weighted by Gasteiger charge is 2.17. The highest BCUT2D eigenvalue weighted by Crippen LogP contribution is 2.37. The summed E-state index contributed by atoms with van der Waals surface area (Å²) in [6.45, 7) is 0. The van der Waals surface area contributed by atoms with Crippen molar-refractivity contribution >= 4 is 62.4 Å². The van der Waals surface area contributed by atoms with Gasteiger partial charge in [0.25, 0.3) is 11.6 Å². The minimum absolute atomic E-state index is 0.131. The van der Waals surface area contributed by atoms with Crippen LogP contribution in [0, 0.1) is 10.1 Å². The predicted molar refractivity (Wildman–Crippen MR) is 107 cm³/mol. The van der Waals surface area contributed by atoms with E-state index < -0.39 is 10.8 Å². The predicted octanol–water partition coefficient (Wildman–Crippen LogP) is 4.89. The Morgan fingerprint density at radius 3 is 2.78 bits per heavy atom. The highest BCUT2D eigenvalue weighted by atomic mass is 35.5. The molecule has 0 aliphatic heterocycles. The Morgan fingerprint density at radius 1 is 1.30 bits per heavy atom. The number of hydrazone groups is 1. The van der Waals surface area contributed by atoms with E-state index in [9.17, 15) is 14.9 Å². The Kier molecular flexibility index (Phi) is 5.59. The zero-order valence-corrected chi connectivity index (χ0v) is 16.1. The van der Waals surface area contributed by atoms with Crippen molar-refractivity contribution in [1.29, 1.82) is 0 Å². The summed E-state index contributed by atoms with van der Waals surface area (Å²) in [5.74, 6) is 0.156. The lowest BCUT2D eigenvalue weighted by atomic mass is 10.2. The SMILES string of the molecule is COc1ccc2c(Cl)c(C(=O)N/N=C/c3cc([N+](=O)[O-])ccc3Cl)sc2c1. The van der Waals surface area contributed by atoms with Crippen LogP contribution in [-0.2, 0) is 0 Å². The molecular weight excluding hydrogens is 413 g/mol. The fraction of sp³-hybridized carbons (Fsp3) is 0.0588. The molecule has 0 atom stereocenters. The van der Waals surface area contributed by atoms with Crippen molar-refractivity contribution in [2.24, 2.45) is 5.10 Å². The number of ether oxygens (including phenoxy) is 1. The Balaban J connectivity index is 1.81. The van der Waals surface area contributed by atoms with Crippen molar-refractivity contribution in [3.8, 4) is 5.75 Å². The number of nitro groups is 1. The van der Waals surface area contributed by atoms with Gasteiger partial charge in [0.1, 0.15) is 10.6 Å². The first kappa shape index (κ1) is 19.1. The molecule has 0 bridgehead atoms. The van der Waals surface area contributed by atoms with E-state index in [4.69, 9.17) is 27.9 Å². The summed E-state index contributed by atoms with van der Waals surface area (Å²) in [6, 6.07) is 9.25. The minimum atomic E-state index is -0.544. The maximum Gasteiger partial charge on any atom is 0.283 e. The third kappa shape index (κ3) is 4.02. The monoisotopic (exact) mass is 423 g/mol. The van der Waals surface area contributed by atoms with Gasteiger partial charge in [0.15, 0.2) is 0 Å². The van der Waals surface area contributed by atoms with Gasteiger partial charge in [-0.3, -0.25) is 14.9 Å². The van der Waals surface area contributed by atoms with E-state index in [0.29, 0.717) is 21.2 Å². The fourth-order valence-electron chi connectivity index (χ4n) is 2.27. The molecule has 0 aliphatic rings. The third-order valence-corrected chi connectivity index (χ3v) is 5.60. The number of hydrogen-bond acceptors (Lipinski definition) is 6. The number of non-ortho nitro benzene ring substituents is 1. The zero-order valence-electron chi connectivity index (χ0n) is 13.7. The van der Waals surface area contributed by atoms with E-state index in [2.05, 4.69) is 10.5 Å². The van der Waals surface area contributed by atoms with Crippen LogP contribution in [0.3, 0.4) is 0 Å². The molecule has 1 aromatic heterocycles. The molecule has 0 spiro atoms.